The molecular weight excluding hydrogens is 490 g/mol. The largest absolute Gasteiger partial charge is 0.496 e. The number of carbonyl (C=O) groups excluding carboxylic acids is 1. The third-order valence-corrected chi connectivity index (χ3v) is 7.06. The SMILES string of the molecule is COc1ccc(S(=O)(=O)Nc2ccc(C(F)(F)F)cc2)c2c1C[C@@H](N(C)C(=O)C(F)(F)F)CC2. The van der Waals surface area contributed by atoms with E-state index in [1.165, 1.54) is 19.2 Å². The summed E-state index contributed by atoms with van der Waals surface area (Å²) >= 11 is 0. The van der Waals surface area contributed by atoms with Crippen molar-refractivity contribution in [1.29, 1.82) is 0 Å². The molecule has 0 unspecified atom stereocenters. The van der Waals surface area contributed by atoms with E-state index < -0.39 is 39.9 Å². The first-order valence-corrected chi connectivity index (χ1v) is 11.4. The molecule has 1 atom stereocenters. The molecule has 3 rings (SSSR count). The van der Waals surface area contributed by atoms with Crippen LogP contribution in [0.5, 0.6) is 5.75 Å². The van der Waals surface area contributed by atoms with Gasteiger partial charge in [0.2, 0.25) is 0 Å². The van der Waals surface area contributed by atoms with Crippen molar-refractivity contribution in [3.8, 4) is 5.75 Å². The molecule has 186 valence electrons. The van der Waals surface area contributed by atoms with Crippen LogP contribution in [0.25, 0.3) is 0 Å². The average Bonchev–Trinajstić information content (AvgIpc) is 2.75. The number of amides is 1. The molecule has 0 spiro atoms. The zero-order valence-electron chi connectivity index (χ0n) is 17.9. The topological polar surface area (TPSA) is 75.7 Å². The molecule has 0 fully saturated rings. The fourth-order valence-corrected chi connectivity index (χ4v) is 5.23. The van der Waals surface area contributed by atoms with E-state index in [1.54, 1.807) is 0 Å². The number of nitrogens with one attached hydrogen (secondary N) is 1. The van der Waals surface area contributed by atoms with E-state index in [0.29, 0.717) is 16.0 Å². The van der Waals surface area contributed by atoms with Crippen molar-refractivity contribution < 1.29 is 44.3 Å². The Labute approximate surface area is 191 Å². The Hall–Kier alpha value is -2.96. The van der Waals surface area contributed by atoms with Crippen molar-refractivity contribution in [3.05, 3.63) is 53.1 Å². The lowest BCUT2D eigenvalue weighted by molar-refractivity contribution is -0.186. The van der Waals surface area contributed by atoms with Gasteiger partial charge in [0.15, 0.2) is 0 Å². The molecule has 1 aliphatic rings. The van der Waals surface area contributed by atoms with Crippen LogP contribution >= 0.6 is 0 Å². The van der Waals surface area contributed by atoms with Gasteiger partial charge in [-0.15, -0.1) is 0 Å². The standard InChI is InChI=1S/C21H20F6N2O4S/c1-29(19(30)21(25,26)27)14-7-8-15-16(11-14)17(33-2)9-10-18(15)34(31,32)28-13-5-3-12(4-6-13)20(22,23)24/h3-6,9-10,14,28H,7-8,11H2,1-2H3/t14-/m0/s1. The van der Waals surface area contributed by atoms with Crippen LogP contribution in [-0.2, 0) is 33.8 Å². The third-order valence-electron chi connectivity index (χ3n) is 5.60. The van der Waals surface area contributed by atoms with Gasteiger partial charge in [-0.2, -0.15) is 26.3 Å². The first kappa shape index (κ1) is 25.7. The number of anilines is 1. The summed E-state index contributed by atoms with van der Waals surface area (Å²) in [5.74, 6) is -1.76. The number of hydrogen-bond donors (Lipinski definition) is 1. The van der Waals surface area contributed by atoms with Crippen molar-refractivity contribution in [2.24, 2.45) is 0 Å². The van der Waals surface area contributed by atoms with E-state index in [4.69, 9.17) is 4.74 Å². The van der Waals surface area contributed by atoms with Crippen LogP contribution in [0.1, 0.15) is 23.1 Å². The zero-order chi connectivity index (χ0) is 25.5. The number of ether oxygens (including phenoxy) is 1. The summed E-state index contributed by atoms with van der Waals surface area (Å²) in [7, 11) is -1.90. The van der Waals surface area contributed by atoms with Gasteiger partial charge in [-0.05, 0) is 61.2 Å². The number of alkyl halides is 6. The molecule has 0 bridgehead atoms. The van der Waals surface area contributed by atoms with Gasteiger partial charge in [-0.1, -0.05) is 0 Å². The normalized spacial score (nSPS) is 16.5. The second-order valence-electron chi connectivity index (χ2n) is 7.71. The van der Waals surface area contributed by atoms with Crippen molar-refractivity contribution in [2.45, 2.75) is 42.6 Å². The van der Waals surface area contributed by atoms with Gasteiger partial charge in [0.05, 0.1) is 17.6 Å². The van der Waals surface area contributed by atoms with Gasteiger partial charge in [-0.25, -0.2) is 8.42 Å². The molecule has 0 radical (unpaired) electrons. The molecular formula is C21H20F6N2O4S. The highest BCUT2D eigenvalue weighted by molar-refractivity contribution is 7.92. The molecule has 1 N–H and O–H groups in total. The molecule has 2 aromatic rings. The highest BCUT2D eigenvalue weighted by Gasteiger charge is 2.44. The fourth-order valence-electron chi connectivity index (χ4n) is 3.87. The van der Waals surface area contributed by atoms with Crippen LogP contribution in [0.2, 0.25) is 0 Å². The maximum absolute atomic E-state index is 13.0. The zero-order valence-corrected chi connectivity index (χ0v) is 18.7. The van der Waals surface area contributed by atoms with Crippen LogP contribution in [0.4, 0.5) is 32.0 Å². The highest BCUT2D eigenvalue weighted by atomic mass is 32.2. The summed E-state index contributed by atoms with van der Waals surface area (Å²) in [5.41, 5.74) is -0.388. The molecule has 0 saturated heterocycles. The van der Waals surface area contributed by atoms with Crippen molar-refractivity contribution >= 4 is 21.6 Å². The smallest absolute Gasteiger partial charge is 0.471 e. The van der Waals surface area contributed by atoms with Crippen LogP contribution in [0, 0.1) is 0 Å². The van der Waals surface area contributed by atoms with Gasteiger partial charge in [0.1, 0.15) is 5.75 Å². The number of halogens is 6. The molecule has 13 heteroatoms. The summed E-state index contributed by atoms with van der Waals surface area (Å²) in [5, 5.41) is 0. The summed E-state index contributed by atoms with van der Waals surface area (Å²) < 4.78 is 110. The number of likely N-dealkylation sites (N-methyl/N-ethyl adjacent to an activating group) is 1. The molecule has 0 heterocycles. The molecule has 1 amide bonds. The van der Waals surface area contributed by atoms with E-state index >= 15 is 0 Å². The Kier molecular flexibility index (Phi) is 6.80. The Morgan fingerprint density at radius 2 is 1.65 bits per heavy atom. The second kappa shape index (κ2) is 9.01. The lowest BCUT2D eigenvalue weighted by Gasteiger charge is -2.34. The lowest BCUT2D eigenvalue weighted by atomic mass is 9.86. The summed E-state index contributed by atoms with van der Waals surface area (Å²) in [6, 6.07) is 5.19. The minimum Gasteiger partial charge on any atom is -0.496 e. The number of fused-ring (bicyclic) bond motifs is 1. The number of hydrogen-bond acceptors (Lipinski definition) is 4. The quantitative estimate of drug-likeness (QED) is 0.606. The van der Waals surface area contributed by atoms with E-state index in [9.17, 15) is 39.6 Å². The second-order valence-corrected chi connectivity index (χ2v) is 9.36. The number of methoxy groups -OCH3 is 1. The Morgan fingerprint density at radius 1 is 1.03 bits per heavy atom. The van der Waals surface area contributed by atoms with E-state index in [0.717, 1.165) is 31.3 Å². The van der Waals surface area contributed by atoms with Crippen molar-refractivity contribution in [1.82, 2.24) is 4.90 Å². The minimum atomic E-state index is -5.05. The summed E-state index contributed by atoms with van der Waals surface area (Å²) in [4.78, 5) is 12.1. The fraction of sp³-hybridized carbons (Fsp3) is 0.381. The van der Waals surface area contributed by atoms with Gasteiger partial charge in [0.25, 0.3) is 10.0 Å². The number of rotatable bonds is 5. The third kappa shape index (κ3) is 5.24. The van der Waals surface area contributed by atoms with Gasteiger partial charge < -0.3 is 9.64 Å². The Bertz CT molecular complexity index is 1180. The molecule has 0 aromatic heterocycles. The predicted molar refractivity (Wildman–Crippen MR) is 110 cm³/mol. The molecule has 0 aliphatic heterocycles. The Morgan fingerprint density at radius 3 is 2.18 bits per heavy atom. The number of benzene rings is 2. The summed E-state index contributed by atoms with van der Waals surface area (Å²) in [6.45, 7) is 0. The van der Waals surface area contributed by atoms with Crippen molar-refractivity contribution in [2.75, 3.05) is 18.9 Å². The first-order valence-electron chi connectivity index (χ1n) is 9.88. The molecule has 0 saturated carbocycles. The molecule has 1 aliphatic carbocycles. The van der Waals surface area contributed by atoms with Crippen LogP contribution in [0.15, 0.2) is 41.3 Å². The van der Waals surface area contributed by atoms with Gasteiger partial charge >= 0.3 is 18.3 Å². The number of carbonyl (C=O) groups is 1. The van der Waals surface area contributed by atoms with Gasteiger partial charge in [-0.3, -0.25) is 9.52 Å². The predicted octanol–water partition coefficient (Wildman–Crippen LogP) is 4.39. The first-order chi connectivity index (χ1) is 15.6. The molecule has 2 aromatic carbocycles. The number of sulfonamides is 1. The van der Waals surface area contributed by atoms with Crippen LogP contribution in [0.3, 0.4) is 0 Å². The minimum absolute atomic E-state index is 0.0376. The van der Waals surface area contributed by atoms with Crippen LogP contribution in [-0.4, -0.2) is 45.6 Å². The Balaban J connectivity index is 1.92. The average molecular weight is 510 g/mol. The van der Waals surface area contributed by atoms with Crippen LogP contribution < -0.4 is 9.46 Å². The molecule has 6 nitrogen and oxygen atoms in total. The maximum atomic E-state index is 13.0. The van der Waals surface area contributed by atoms with E-state index in [1.807, 2.05) is 0 Å². The summed E-state index contributed by atoms with van der Waals surface area (Å²) in [6.07, 6.45) is -9.59. The number of nitrogens with zero attached hydrogens (tertiary/aromatic N) is 1. The molecule has 34 heavy (non-hydrogen) atoms. The lowest BCUT2D eigenvalue weighted by Crippen LogP contribution is -2.46. The van der Waals surface area contributed by atoms with Crippen molar-refractivity contribution in [3.63, 3.8) is 0 Å². The van der Waals surface area contributed by atoms with Gasteiger partial charge in [0, 0.05) is 24.3 Å². The van der Waals surface area contributed by atoms with E-state index in [-0.39, 0.29) is 35.6 Å². The monoisotopic (exact) mass is 510 g/mol. The maximum Gasteiger partial charge on any atom is 0.471 e. The van der Waals surface area contributed by atoms with E-state index in [2.05, 4.69) is 4.72 Å². The highest BCUT2D eigenvalue weighted by Crippen LogP contribution is 2.37.